The number of carbonyl (C=O) groups is 3. The molecule has 2 atom stereocenters. The van der Waals surface area contributed by atoms with Crippen molar-refractivity contribution >= 4 is 17.9 Å². The normalized spacial score (nSPS) is 15.9. The van der Waals surface area contributed by atoms with E-state index in [1.807, 2.05) is 13.8 Å². The minimum Gasteiger partial charge on any atom is -0.508 e. The minimum absolute atomic E-state index is 0.0341. The molecule has 2 rings (SSSR count). The second kappa shape index (κ2) is 15.7. The first-order valence-corrected chi connectivity index (χ1v) is 14.8. The first kappa shape index (κ1) is 32.4. The van der Waals surface area contributed by atoms with E-state index in [0.717, 1.165) is 51.4 Å². The standard InChI is InChI=1S/C31H51N3O5/c1-7-8-9-15-20-34(29(37)25(21-22(2)3)33-30(38)39-31(4,5)6)27(24-18-13-14-19-26(24)35)28(36)32-23-16-11-10-12-17-23/h13-14,18-19,22-23,25,27,35H,7-12,15-17,20-21H2,1-6H3,(H,32,36)(H,33,38). The zero-order valence-corrected chi connectivity index (χ0v) is 24.9. The smallest absolute Gasteiger partial charge is 0.408 e. The first-order valence-electron chi connectivity index (χ1n) is 14.8. The molecule has 0 aliphatic heterocycles. The Morgan fingerprint density at radius 1 is 1.05 bits per heavy atom. The SMILES string of the molecule is CCCCCCN(C(=O)C(CC(C)C)NC(=O)OC(C)(C)C)C(C(=O)NC1CCCCC1)c1ccccc1O. The lowest BCUT2D eigenvalue weighted by molar-refractivity contribution is -0.143. The van der Waals surface area contributed by atoms with E-state index in [2.05, 4.69) is 17.6 Å². The summed E-state index contributed by atoms with van der Waals surface area (Å²) in [5.41, 5.74) is -0.330. The molecule has 0 saturated heterocycles. The van der Waals surface area contributed by atoms with E-state index < -0.39 is 23.8 Å². The summed E-state index contributed by atoms with van der Waals surface area (Å²) in [5.74, 6) is -0.574. The van der Waals surface area contributed by atoms with Gasteiger partial charge >= 0.3 is 6.09 Å². The van der Waals surface area contributed by atoms with Crippen LogP contribution in [-0.4, -0.2) is 52.1 Å². The van der Waals surface area contributed by atoms with Crippen LogP contribution in [0.1, 0.15) is 117 Å². The average Bonchev–Trinajstić information content (AvgIpc) is 2.85. The molecule has 1 aromatic carbocycles. The summed E-state index contributed by atoms with van der Waals surface area (Å²) in [5, 5.41) is 16.8. The maximum absolute atomic E-state index is 14.3. The number of ether oxygens (including phenoxy) is 1. The number of phenolic OH excluding ortho intramolecular Hbond substituents is 1. The van der Waals surface area contributed by atoms with E-state index >= 15 is 0 Å². The third-order valence-electron chi connectivity index (χ3n) is 6.97. The van der Waals surface area contributed by atoms with Crippen molar-refractivity contribution in [3.05, 3.63) is 29.8 Å². The lowest BCUT2D eigenvalue weighted by atomic mass is 9.94. The molecule has 8 nitrogen and oxygen atoms in total. The van der Waals surface area contributed by atoms with E-state index in [1.54, 1.807) is 49.9 Å². The van der Waals surface area contributed by atoms with Gasteiger partial charge in [0, 0.05) is 18.2 Å². The van der Waals surface area contributed by atoms with E-state index in [4.69, 9.17) is 4.74 Å². The highest BCUT2D eigenvalue weighted by Crippen LogP contribution is 2.31. The number of amides is 3. The summed E-state index contributed by atoms with van der Waals surface area (Å²) in [6.45, 7) is 11.7. The van der Waals surface area contributed by atoms with Crippen molar-refractivity contribution in [2.75, 3.05) is 6.54 Å². The Morgan fingerprint density at radius 3 is 2.31 bits per heavy atom. The lowest BCUT2D eigenvalue weighted by Crippen LogP contribution is -2.54. The van der Waals surface area contributed by atoms with Gasteiger partial charge in [-0.05, 0) is 58.4 Å². The van der Waals surface area contributed by atoms with Gasteiger partial charge in [-0.15, -0.1) is 0 Å². The number of alkyl carbamates (subject to hydrolysis) is 1. The molecule has 1 aliphatic carbocycles. The van der Waals surface area contributed by atoms with Gasteiger partial charge in [-0.3, -0.25) is 9.59 Å². The van der Waals surface area contributed by atoms with Gasteiger partial charge in [0.25, 0.3) is 0 Å². The number of nitrogens with one attached hydrogen (secondary N) is 2. The average molecular weight is 546 g/mol. The molecule has 39 heavy (non-hydrogen) atoms. The quantitative estimate of drug-likeness (QED) is 0.255. The van der Waals surface area contributed by atoms with Crippen LogP contribution in [0.4, 0.5) is 4.79 Å². The number of carbonyl (C=O) groups excluding carboxylic acids is 3. The fraction of sp³-hybridized carbons (Fsp3) is 0.710. The Hall–Kier alpha value is -2.77. The van der Waals surface area contributed by atoms with E-state index in [9.17, 15) is 19.5 Å². The highest BCUT2D eigenvalue weighted by Gasteiger charge is 2.38. The molecule has 8 heteroatoms. The van der Waals surface area contributed by atoms with Gasteiger partial charge in [-0.2, -0.15) is 0 Å². The van der Waals surface area contributed by atoms with Crippen LogP contribution in [-0.2, 0) is 14.3 Å². The molecule has 3 amide bonds. The van der Waals surface area contributed by atoms with Crippen molar-refractivity contribution in [1.29, 1.82) is 0 Å². The molecule has 0 radical (unpaired) electrons. The van der Waals surface area contributed by atoms with E-state index in [-0.39, 0.29) is 29.5 Å². The zero-order chi connectivity index (χ0) is 29.0. The van der Waals surface area contributed by atoms with Gasteiger partial charge in [0.05, 0.1) is 0 Å². The van der Waals surface area contributed by atoms with Gasteiger partial charge in [-0.1, -0.05) is 77.5 Å². The van der Waals surface area contributed by atoms with Crippen molar-refractivity contribution < 1.29 is 24.2 Å². The van der Waals surface area contributed by atoms with Crippen LogP contribution in [0.3, 0.4) is 0 Å². The van der Waals surface area contributed by atoms with Crippen molar-refractivity contribution in [2.45, 2.75) is 129 Å². The minimum atomic E-state index is -1.02. The van der Waals surface area contributed by atoms with Gasteiger partial charge < -0.3 is 25.4 Å². The van der Waals surface area contributed by atoms with Gasteiger partial charge in [0.15, 0.2) is 0 Å². The molecule has 0 heterocycles. The maximum atomic E-state index is 14.3. The number of unbranched alkanes of at least 4 members (excludes halogenated alkanes) is 3. The second-order valence-corrected chi connectivity index (χ2v) is 12.2. The third kappa shape index (κ3) is 11.1. The molecule has 1 aromatic rings. The predicted octanol–water partition coefficient (Wildman–Crippen LogP) is 6.23. The van der Waals surface area contributed by atoms with Gasteiger partial charge in [-0.25, -0.2) is 4.79 Å². The number of rotatable bonds is 13. The second-order valence-electron chi connectivity index (χ2n) is 12.2. The first-order chi connectivity index (χ1) is 18.4. The van der Waals surface area contributed by atoms with Crippen LogP contribution >= 0.6 is 0 Å². The molecular weight excluding hydrogens is 494 g/mol. The van der Waals surface area contributed by atoms with Crippen LogP contribution in [0.2, 0.25) is 0 Å². The summed E-state index contributed by atoms with van der Waals surface area (Å²) in [6, 6.07) is 4.86. The maximum Gasteiger partial charge on any atom is 0.408 e. The number of hydrogen-bond acceptors (Lipinski definition) is 5. The molecule has 3 N–H and O–H groups in total. The number of nitrogens with zero attached hydrogens (tertiary/aromatic N) is 1. The fourth-order valence-electron chi connectivity index (χ4n) is 5.11. The number of hydrogen-bond donors (Lipinski definition) is 3. The molecule has 0 spiro atoms. The van der Waals surface area contributed by atoms with Gasteiger partial charge in [0.2, 0.25) is 11.8 Å². The third-order valence-corrected chi connectivity index (χ3v) is 6.97. The number of phenols is 1. The largest absolute Gasteiger partial charge is 0.508 e. The highest BCUT2D eigenvalue weighted by molar-refractivity contribution is 5.92. The number of benzene rings is 1. The summed E-state index contributed by atoms with van der Waals surface area (Å²) in [7, 11) is 0. The summed E-state index contributed by atoms with van der Waals surface area (Å²) >= 11 is 0. The predicted molar refractivity (Wildman–Crippen MR) is 154 cm³/mol. The van der Waals surface area contributed by atoms with E-state index in [1.165, 1.54) is 0 Å². The lowest BCUT2D eigenvalue weighted by Gasteiger charge is -2.36. The van der Waals surface area contributed by atoms with Crippen molar-refractivity contribution in [3.63, 3.8) is 0 Å². The molecule has 0 aromatic heterocycles. The van der Waals surface area contributed by atoms with Crippen LogP contribution < -0.4 is 10.6 Å². The van der Waals surface area contributed by atoms with Crippen LogP contribution in [0.25, 0.3) is 0 Å². The molecular formula is C31H51N3O5. The van der Waals surface area contributed by atoms with E-state index in [0.29, 0.717) is 24.9 Å². The molecule has 2 unspecified atom stereocenters. The topological polar surface area (TPSA) is 108 Å². The Balaban J connectivity index is 2.47. The molecule has 1 fully saturated rings. The Kier molecular flexibility index (Phi) is 13.1. The van der Waals surface area contributed by atoms with Crippen molar-refractivity contribution in [1.82, 2.24) is 15.5 Å². The monoisotopic (exact) mass is 545 g/mol. The van der Waals surface area contributed by atoms with Crippen LogP contribution in [0.15, 0.2) is 24.3 Å². The fourth-order valence-corrected chi connectivity index (χ4v) is 5.11. The molecule has 220 valence electrons. The molecule has 1 saturated carbocycles. The van der Waals surface area contributed by atoms with Crippen LogP contribution in [0.5, 0.6) is 5.75 Å². The highest BCUT2D eigenvalue weighted by atomic mass is 16.6. The Labute approximate surface area is 235 Å². The van der Waals surface area contributed by atoms with Crippen molar-refractivity contribution in [3.8, 4) is 5.75 Å². The number of aromatic hydroxyl groups is 1. The van der Waals surface area contributed by atoms with Crippen LogP contribution in [0, 0.1) is 5.92 Å². The number of para-hydroxylation sites is 1. The van der Waals surface area contributed by atoms with Crippen molar-refractivity contribution in [2.24, 2.45) is 5.92 Å². The Morgan fingerprint density at radius 2 is 1.72 bits per heavy atom. The zero-order valence-electron chi connectivity index (χ0n) is 24.9. The summed E-state index contributed by atoms with van der Waals surface area (Å²) in [6.07, 6.45) is 8.47. The summed E-state index contributed by atoms with van der Waals surface area (Å²) < 4.78 is 5.46. The summed E-state index contributed by atoms with van der Waals surface area (Å²) in [4.78, 5) is 42.5. The molecule has 1 aliphatic rings. The van der Waals surface area contributed by atoms with Gasteiger partial charge in [0.1, 0.15) is 23.4 Å². The Bertz CT molecular complexity index is 921. The molecule has 0 bridgehead atoms.